The Kier molecular flexibility index (Phi) is 2.47. The van der Waals surface area contributed by atoms with Gasteiger partial charge in [0.2, 0.25) is 0 Å². The molecule has 1 aromatic rings. The van der Waals surface area contributed by atoms with Crippen LogP contribution in [0.25, 0.3) is 0 Å². The van der Waals surface area contributed by atoms with Crippen LogP contribution in [0.5, 0.6) is 0 Å². The van der Waals surface area contributed by atoms with Gasteiger partial charge in [0.25, 0.3) is 0 Å². The predicted molar refractivity (Wildman–Crippen MR) is 67.3 cm³/mol. The third-order valence-electron chi connectivity index (χ3n) is 3.98. The number of nitrogen functional groups attached to an aromatic ring is 1. The van der Waals surface area contributed by atoms with Crippen LogP contribution in [-0.2, 0) is 0 Å². The maximum Gasteiger partial charge on any atom is 0.136 e. The van der Waals surface area contributed by atoms with Gasteiger partial charge in [-0.3, -0.25) is 0 Å². The second-order valence-corrected chi connectivity index (χ2v) is 5.73. The zero-order valence-electron chi connectivity index (χ0n) is 9.49. The van der Waals surface area contributed by atoms with Gasteiger partial charge in [-0.05, 0) is 54.7 Å². The van der Waals surface area contributed by atoms with E-state index in [1.54, 1.807) is 0 Å². The number of halogens is 1. The lowest BCUT2D eigenvalue weighted by Crippen LogP contribution is -2.48. The molecule has 2 N–H and O–H groups in total. The van der Waals surface area contributed by atoms with E-state index in [1.807, 2.05) is 11.6 Å². The maximum atomic E-state index is 6.10. The van der Waals surface area contributed by atoms with Crippen molar-refractivity contribution in [2.75, 3.05) is 25.4 Å². The summed E-state index contributed by atoms with van der Waals surface area (Å²) in [5.74, 6) is 1.55. The molecule has 0 spiro atoms. The third kappa shape index (κ3) is 1.49. The van der Waals surface area contributed by atoms with Gasteiger partial charge < -0.3 is 10.6 Å². The number of piperidine rings is 3. The summed E-state index contributed by atoms with van der Waals surface area (Å²) in [5.41, 5.74) is 7.10. The lowest BCUT2D eigenvalue weighted by atomic mass is 9.84. The van der Waals surface area contributed by atoms with E-state index in [9.17, 15) is 0 Å². The molecule has 1 unspecified atom stereocenters. The molecule has 3 fully saturated rings. The van der Waals surface area contributed by atoms with Crippen molar-refractivity contribution in [2.45, 2.75) is 25.8 Å². The number of anilines is 1. The van der Waals surface area contributed by atoms with Crippen LogP contribution in [0.15, 0.2) is 4.47 Å². The van der Waals surface area contributed by atoms with Crippen LogP contribution >= 0.6 is 15.9 Å². The molecular formula is C11H17BrN4. The van der Waals surface area contributed by atoms with Crippen LogP contribution in [0.1, 0.15) is 24.6 Å². The largest absolute Gasteiger partial charge is 0.383 e. The SMILES string of the molecule is Cc1nn(C2CN3CCC2CC3)c(N)c1Br. The van der Waals surface area contributed by atoms with Crippen molar-refractivity contribution in [3.05, 3.63) is 10.2 Å². The first-order chi connectivity index (χ1) is 7.66. The Labute approximate surface area is 104 Å². The van der Waals surface area contributed by atoms with Crippen molar-refractivity contribution in [3.63, 3.8) is 0 Å². The van der Waals surface area contributed by atoms with Crippen molar-refractivity contribution < 1.29 is 0 Å². The van der Waals surface area contributed by atoms with Gasteiger partial charge in [0.15, 0.2) is 0 Å². The van der Waals surface area contributed by atoms with Crippen LogP contribution in [-0.4, -0.2) is 34.3 Å². The first kappa shape index (κ1) is 10.6. The highest BCUT2D eigenvalue weighted by Gasteiger charge is 2.36. The van der Waals surface area contributed by atoms with E-state index in [4.69, 9.17) is 5.73 Å². The Bertz CT molecular complexity index is 406. The summed E-state index contributed by atoms with van der Waals surface area (Å²) in [4.78, 5) is 2.52. The summed E-state index contributed by atoms with van der Waals surface area (Å²) in [5, 5.41) is 4.57. The van der Waals surface area contributed by atoms with E-state index in [2.05, 4.69) is 25.9 Å². The average Bonchev–Trinajstić information content (AvgIpc) is 2.58. The minimum Gasteiger partial charge on any atom is -0.383 e. The van der Waals surface area contributed by atoms with E-state index in [-0.39, 0.29) is 0 Å². The predicted octanol–water partition coefficient (Wildman–Crippen LogP) is 1.80. The van der Waals surface area contributed by atoms with Crippen LogP contribution in [0.2, 0.25) is 0 Å². The Morgan fingerprint density at radius 3 is 2.50 bits per heavy atom. The Hall–Kier alpha value is -0.550. The normalized spacial score (nSPS) is 33.2. The topological polar surface area (TPSA) is 47.1 Å². The van der Waals surface area contributed by atoms with Gasteiger partial charge in [0.05, 0.1) is 16.2 Å². The van der Waals surface area contributed by atoms with E-state index >= 15 is 0 Å². The molecule has 16 heavy (non-hydrogen) atoms. The molecule has 1 aromatic heterocycles. The monoisotopic (exact) mass is 284 g/mol. The van der Waals surface area contributed by atoms with Crippen molar-refractivity contribution in [3.8, 4) is 0 Å². The summed E-state index contributed by atoms with van der Waals surface area (Å²) in [6.45, 7) is 5.62. The molecule has 1 atom stereocenters. The number of rotatable bonds is 1. The molecule has 4 rings (SSSR count). The van der Waals surface area contributed by atoms with E-state index in [1.165, 1.54) is 25.9 Å². The van der Waals surface area contributed by atoms with Gasteiger partial charge in [-0.15, -0.1) is 0 Å². The highest BCUT2D eigenvalue weighted by Crippen LogP contribution is 2.38. The number of nitrogens with zero attached hydrogens (tertiary/aromatic N) is 3. The summed E-state index contributed by atoms with van der Waals surface area (Å²) < 4.78 is 3.00. The first-order valence-electron chi connectivity index (χ1n) is 5.89. The molecule has 0 aromatic carbocycles. The molecule has 0 saturated carbocycles. The molecule has 5 heteroatoms. The third-order valence-corrected chi connectivity index (χ3v) is 4.96. The molecular weight excluding hydrogens is 268 g/mol. The number of aryl methyl sites for hydroxylation is 1. The molecule has 0 amide bonds. The van der Waals surface area contributed by atoms with Crippen LogP contribution in [0.3, 0.4) is 0 Å². The highest BCUT2D eigenvalue weighted by atomic mass is 79.9. The number of nitrogens with two attached hydrogens (primary N) is 1. The Morgan fingerprint density at radius 2 is 2.06 bits per heavy atom. The second kappa shape index (κ2) is 3.74. The standard InChI is InChI=1S/C11H17BrN4/c1-7-10(12)11(13)16(14-7)9-6-15-4-2-8(9)3-5-15/h8-9H,2-6,13H2,1H3. The van der Waals surface area contributed by atoms with Crippen LogP contribution in [0.4, 0.5) is 5.82 Å². The minimum absolute atomic E-state index is 0.479. The summed E-state index contributed by atoms with van der Waals surface area (Å²) in [6.07, 6.45) is 2.58. The highest BCUT2D eigenvalue weighted by molar-refractivity contribution is 9.10. The Balaban J connectivity index is 1.95. The van der Waals surface area contributed by atoms with Crippen LogP contribution in [0, 0.1) is 12.8 Å². The van der Waals surface area contributed by atoms with Gasteiger partial charge in [-0.2, -0.15) is 5.10 Å². The van der Waals surface area contributed by atoms with E-state index < -0.39 is 0 Å². The van der Waals surface area contributed by atoms with Gasteiger partial charge in [-0.25, -0.2) is 4.68 Å². The van der Waals surface area contributed by atoms with Gasteiger partial charge in [0.1, 0.15) is 5.82 Å². The number of hydrogen-bond donors (Lipinski definition) is 1. The van der Waals surface area contributed by atoms with Crippen molar-refractivity contribution in [1.82, 2.24) is 14.7 Å². The fourth-order valence-corrected chi connectivity index (χ4v) is 3.27. The lowest BCUT2D eigenvalue weighted by Gasteiger charge is -2.44. The molecule has 4 nitrogen and oxygen atoms in total. The van der Waals surface area contributed by atoms with Gasteiger partial charge in [-0.1, -0.05) is 0 Å². The second-order valence-electron chi connectivity index (χ2n) is 4.93. The quantitative estimate of drug-likeness (QED) is 0.856. The van der Waals surface area contributed by atoms with Gasteiger partial charge in [0, 0.05) is 6.54 Å². The molecule has 3 aliphatic heterocycles. The molecule has 88 valence electrons. The number of aromatic nitrogens is 2. The minimum atomic E-state index is 0.479. The zero-order valence-corrected chi connectivity index (χ0v) is 11.1. The first-order valence-corrected chi connectivity index (χ1v) is 6.68. The fourth-order valence-electron chi connectivity index (χ4n) is 3.01. The molecule has 2 bridgehead atoms. The van der Waals surface area contributed by atoms with E-state index in [0.717, 1.165) is 28.4 Å². The smallest absolute Gasteiger partial charge is 0.136 e. The zero-order chi connectivity index (χ0) is 11.3. The summed E-state index contributed by atoms with van der Waals surface area (Å²) in [7, 11) is 0. The molecule has 3 aliphatic rings. The summed E-state index contributed by atoms with van der Waals surface area (Å²) in [6, 6.07) is 0.479. The molecule has 3 saturated heterocycles. The molecule has 0 radical (unpaired) electrons. The van der Waals surface area contributed by atoms with Crippen molar-refractivity contribution in [1.29, 1.82) is 0 Å². The molecule has 0 aliphatic carbocycles. The summed E-state index contributed by atoms with van der Waals surface area (Å²) >= 11 is 3.50. The van der Waals surface area contributed by atoms with Crippen LogP contribution < -0.4 is 5.73 Å². The van der Waals surface area contributed by atoms with Gasteiger partial charge >= 0.3 is 0 Å². The average molecular weight is 285 g/mol. The van der Waals surface area contributed by atoms with E-state index in [0.29, 0.717) is 6.04 Å². The fraction of sp³-hybridized carbons (Fsp3) is 0.727. The van der Waals surface area contributed by atoms with Crippen molar-refractivity contribution in [2.24, 2.45) is 5.92 Å². The number of fused-ring (bicyclic) bond motifs is 3. The lowest BCUT2D eigenvalue weighted by molar-refractivity contribution is 0.0522. The Morgan fingerprint density at radius 1 is 1.38 bits per heavy atom. The maximum absolute atomic E-state index is 6.10. The molecule has 4 heterocycles. The van der Waals surface area contributed by atoms with Crippen molar-refractivity contribution >= 4 is 21.7 Å². The number of hydrogen-bond acceptors (Lipinski definition) is 3.